The average molecular weight is 212 g/mol. The fraction of sp³-hybridized carbons (Fsp3) is 1.00. The van der Waals surface area contributed by atoms with Crippen molar-refractivity contribution in [2.24, 2.45) is 5.73 Å². The zero-order valence-corrected chi connectivity index (χ0v) is 9.66. The largest absolute Gasteiger partial charge is 0.379 e. The first-order valence-corrected chi connectivity index (χ1v) is 6.45. The molecule has 1 saturated heterocycles. The molecule has 1 heterocycles. The predicted octanol–water partition coefficient (Wildman–Crippen LogP) is 1.37. The summed E-state index contributed by atoms with van der Waals surface area (Å²) in [6.07, 6.45) is 7.96. The van der Waals surface area contributed by atoms with Crippen LogP contribution < -0.4 is 5.73 Å². The Labute approximate surface area is 93.0 Å². The summed E-state index contributed by atoms with van der Waals surface area (Å²) in [4.78, 5) is 2.56. The third kappa shape index (κ3) is 3.16. The Morgan fingerprint density at radius 3 is 2.33 bits per heavy atom. The summed E-state index contributed by atoms with van der Waals surface area (Å²) in [5.41, 5.74) is 6.30. The molecule has 3 heteroatoms. The van der Waals surface area contributed by atoms with Crippen LogP contribution in [0.4, 0.5) is 0 Å². The molecule has 2 aliphatic rings. The van der Waals surface area contributed by atoms with Gasteiger partial charge >= 0.3 is 0 Å². The molecule has 2 unspecified atom stereocenters. The van der Waals surface area contributed by atoms with E-state index < -0.39 is 0 Å². The third-order valence-corrected chi connectivity index (χ3v) is 3.80. The lowest BCUT2D eigenvalue weighted by Crippen LogP contribution is -2.52. The summed E-state index contributed by atoms with van der Waals surface area (Å²) in [5, 5.41) is 0. The standard InChI is InChI=1S/C12H24N2O/c13-11-5-3-1-2-4-6-12(11)14-7-9-15-10-8-14/h11-12H,1-10,13H2. The molecule has 2 N–H and O–H groups in total. The lowest BCUT2D eigenvalue weighted by Gasteiger charge is -2.38. The molecule has 0 radical (unpaired) electrons. The average Bonchev–Trinajstić information content (AvgIpc) is 2.25. The van der Waals surface area contributed by atoms with Gasteiger partial charge in [0.05, 0.1) is 13.2 Å². The molecule has 0 aromatic heterocycles. The molecule has 1 aliphatic heterocycles. The van der Waals surface area contributed by atoms with Gasteiger partial charge in [0.15, 0.2) is 0 Å². The van der Waals surface area contributed by atoms with E-state index in [-0.39, 0.29) is 0 Å². The molecule has 0 amide bonds. The van der Waals surface area contributed by atoms with E-state index in [4.69, 9.17) is 10.5 Å². The molecule has 88 valence electrons. The van der Waals surface area contributed by atoms with E-state index in [0.29, 0.717) is 12.1 Å². The molecule has 0 aromatic rings. The van der Waals surface area contributed by atoms with Gasteiger partial charge in [-0.1, -0.05) is 25.7 Å². The molecule has 0 bridgehead atoms. The van der Waals surface area contributed by atoms with Crippen LogP contribution in [0.2, 0.25) is 0 Å². The number of nitrogens with two attached hydrogens (primary N) is 1. The van der Waals surface area contributed by atoms with E-state index in [1.807, 2.05) is 0 Å². The maximum Gasteiger partial charge on any atom is 0.0594 e. The van der Waals surface area contributed by atoms with Crippen LogP contribution in [0.3, 0.4) is 0 Å². The number of hydrogen-bond donors (Lipinski definition) is 1. The second kappa shape index (κ2) is 5.83. The molecule has 2 rings (SSSR count). The highest BCUT2D eigenvalue weighted by Gasteiger charge is 2.26. The zero-order chi connectivity index (χ0) is 10.5. The predicted molar refractivity (Wildman–Crippen MR) is 61.9 cm³/mol. The molecule has 15 heavy (non-hydrogen) atoms. The van der Waals surface area contributed by atoms with Gasteiger partial charge < -0.3 is 10.5 Å². The van der Waals surface area contributed by atoms with Crippen molar-refractivity contribution in [3.05, 3.63) is 0 Å². The minimum atomic E-state index is 0.392. The lowest BCUT2D eigenvalue weighted by atomic mass is 9.91. The smallest absolute Gasteiger partial charge is 0.0594 e. The maximum absolute atomic E-state index is 6.30. The van der Waals surface area contributed by atoms with E-state index in [1.165, 1.54) is 38.5 Å². The van der Waals surface area contributed by atoms with E-state index in [1.54, 1.807) is 0 Å². The van der Waals surface area contributed by atoms with Gasteiger partial charge in [0, 0.05) is 25.2 Å². The number of rotatable bonds is 1. The maximum atomic E-state index is 6.30. The van der Waals surface area contributed by atoms with Crippen LogP contribution in [0.1, 0.15) is 38.5 Å². The van der Waals surface area contributed by atoms with Crippen molar-refractivity contribution in [2.75, 3.05) is 26.3 Å². The van der Waals surface area contributed by atoms with Crippen molar-refractivity contribution < 1.29 is 4.74 Å². The molecule has 3 nitrogen and oxygen atoms in total. The fourth-order valence-corrected chi connectivity index (χ4v) is 2.86. The third-order valence-electron chi connectivity index (χ3n) is 3.80. The molecular weight excluding hydrogens is 188 g/mol. The molecule has 1 saturated carbocycles. The molecule has 2 fully saturated rings. The number of nitrogens with zero attached hydrogens (tertiary/aromatic N) is 1. The van der Waals surface area contributed by atoms with Gasteiger partial charge in [-0.25, -0.2) is 0 Å². The second-order valence-electron chi connectivity index (χ2n) is 4.87. The van der Waals surface area contributed by atoms with Gasteiger partial charge in [-0.15, -0.1) is 0 Å². The summed E-state index contributed by atoms with van der Waals surface area (Å²) in [5.74, 6) is 0. The minimum Gasteiger partial charge on any atom is -0.379 e. The van der Waals surface area contributed by atoms with Crippen molar-refractivity contribution in [1.82, 2.24) is 4.90 Å². The zero-order valence-electron chi connectivity index (χ0n) is 9.66. The van der Waals surface area contributed by atoms with Crippen molar-refractivity contribution >= 4 is 0 Å². The van der Waals surface area contributed by atoms with Crippen molar-refractivity contribution in [3.8, 4) is 0 Å². The van der Waals surface area contributed by atoms with Crippen molar-refractivity contribution in [2.45, 2.75) is 50.6 Å². The highest BCUT2D eigenvalue weighted by Crippen LogP contribution is 2.21. The Morgan fingerprint density at radius 2 is 1.60 bits per heavy atom. The summed E-state index contributed by atoms with van der Waals surface area (Å²) in [6, 6.07) is 1.01. The second-order valence-corrected chi connectivity index (χ2v) is 4.87. The topological polar surface area (TPSA) is 38.5 Å². The number of ether oxygens (including phenoxy) is 1. The minimum absolute atomic E-state index is 0.392. The number of morpholine rings is 1. The molecule has 0 aromatic carbocycles. The molecule has 1 aliphatic carbocycles. The molecule has 2 atom stereocenters. The van der Waals surface area contributed by atoms with Crippen LogP contribution in [-0.4, -0.2) is 43.3 Å². The van der Waals surface area contributed by atoms with Gasteiger partial charge in [-0.2, -0.15) is 0 Å². The van der Waals surface area contributed by atoms with E-state index in [0.717, 1.165) is 26.3 Å². The highest BCUT2D eigenvalue weighted by molar-refractivity contribution is 4.84. The molecule has 0 spiro atoms. The Morgan fingerprint density at radius 1 is 0.933 bits per heavy atom. The summed E-state index contributed by atoms with van der Waals surface area (Å²) in [7, 11) is 0. The van der Waals surface area contributed by atoms with Gasteiger partial charge in [-0.3, -0.25) is 4.90 Å². The monoisotopic (exact) mass is 212 g/mol. The van der Waals surface area contributed by atoms with E-state index >= 15 is 0 Å². The Bertz CT molecular complexity index is 180. The first-order chi connectivity index (χ1) is 7.38. The first kappa shape index (κ1) is 11.4. The van der Waals surface area contributed by atoms with Gasteiger partial charge in [-0.05, 0) is 12.8 Å². The van der Waals surface area contributed by atoms with Crippen LogP contribution in [0, 0.1) is 0 Å². The highest BCUT2D eigenvalue weighted by atomic mass is 16.5. The summed E-state index contributed by atoms with van der Waals surface area (Å²) >= 11 is 0. The number of hydrogen-bond acceptors (Lipinski definition) is 3. The first-order valence-electron chi connectivity index (χ1n) is 6.45. The Balaban J connectivity index is 1.90. The quantitative estimate of drug-likeness (QED) is 0.713. The Kier molecular flexibility index (Phi) is 4.42. The molecular formula is C12H24N2O. The lowest BCUT2D eigenvalue weighted by molar-refractivity contribution is 0.00664. The van der Waals surface area contributed by atoms with Gasteiger partial charge in [0.1, 0.15) is 0 Å². The van der Waals surface area contributed by atoms with Crippen LogP contribution in [-0.2, 0) is 4.74 Å². The Hall–Kier alpha value is -0.120. The van der Waals surface area contributed by atoms with Crippen LogP contribution >= 0.6 is 0 Å². The summed E-state index contributed by atoms with van der Waals surface area (Å²) in [6.45, 7) is 3.95. The van der Waals surface area contributed by atoms with E-state index in [9.17, 15) is 0 Å². The van der Waals surface area contributed by atoms with Crippen LogP contribution in [0.15, 0.2) is 0 Å². The van der Waals surface area contributed by atoms with Crippen LogP contribution in [0.5, 0.6) is 0 Å². The fourth-order valence-electron chi connectivity index (χ4n) is 2.86. The normalized spacial score (nSPS) is 35.8. The van der Waals surface area contributed by atoms with E-state index in [2.05, 4.69) is 4.90 Å². The summed E-state index contributed by atoms with van der Waals surface area (Å²) < 4.78 is 5.40. The van der Waals surface area contributed by atoms with Crippen molar-refractivity contribution in [3.63, 3.8) is 0 Å². The SMILES string of the molecule is NC1CCCCCCC1N1CCOCC1. The van der Waals surface area contributed by atoms with Gasteiger partial charge in [0.2, 0.25) is 0 Å². The van der Waals surface area contributed by atoms with Crippen LogP contribution in [0.25, 0.3) is 0 Å². The van der Waals surface area contributed by atoms with Gasteiger partial charge in [0.25, 0.3) is 0 Å². The van der Waals surface area contributed by atoms with Crippen molar-refractivity contribution in [1.29, 1.82) is 0 Å².